The van der Waals surface area contributed by atoms with Gasteiger partial charge in [-0.25, -0.2) is 9.97 Å². The van der Waals surface area contributed by atoms with Gasteiger partial charge in [0, 0.05) is 26.1 Å². The van der Waals surface area contributed by atoms with Crippen LogP contribution in [0, 0.1) is 0 Å². The quantitative estimate of drug-likeness (QED) is 0.895. The first-order chi connectivity index (χ1) is 8.74. The summed E-state index contributed by atoms with van der Waals surface area (Å²) < 4.78 is 1.06. The van der Waals surface area contributed by atoms with Crippen LogP contribution in [0.15, 0.2) is 17.8 Å². The Hall–Kier alpha value is -1.69. The molecule has 1 unspecified atom stereocenters. The maximum Gasteiger partial charge on any atom is 0.224 e. The summed E-state index contributed by atoms with van der Waals surface area (Å²) in [5.74, 6) is 1.03. The highest BCUT2D eigenvalue weighted by Gasteiger charge is 2.23. The third kappa shape index (κ3) is 2.03. The van der Waals surface area contributed by atoms with E-state index in [0.29, 0.717) is 6.42 Å². The Morgan fingerprint density at radius 2 is 2.39 bits per heavy atom. The van der Waals surface area contributed by atoms with Crippen molar-refractivity contribution in [2.75, 3.05) is 18.9 Å². The number of carbonyl (C=O) groups is 1. The highest BCUT2D eigenvalue weighted by Crippen LogP contribution is 2.26. The lowest BCUT2D eigenvalue weighted by atomic mass is 10.1. The van der Waals surface area contributed by atoms with Crippen molar-refractivity contribution in [3.05, 3.63) is 17.8 Å². The monoisotopic (exact) mass is 262 g/mol. The Morgan fingerprint density at radius 1 is 1.50 bits per heavy atom. The zero-order valence-electron chi connectivity index (χ0n) is 10.1. The maximum absolute atomic E-state index is 11.7. The molecule has 3 rings (SSSR count). The van der Waals surface area contributed by atoms with Crippen molar-refractivity contribution in [3.63, 3.8) is 0 Å². The van der Waals surface area contributed by atoms with E-state index in [-0.39, 0.29) is 11.9 Å². The molecule has 1 fully saturated rings. The Kier molecular flexibility index (Phi) is 2.87. The molecule has 2 aromatic heterocycles. The number of fused-ring (bicyclic) bond motifs is 1. The lowest BCUT2D eigenvalue weighted by Gasteiger charge is -2.29. The second-order valence-corrected chi connectivity index (χ2v) is 5.42. The van der Waals surface area contributed by atoms with Crippen molar-refractivity contribution < 1.29 is 4.79 Å². The van der Waals surface area contributed by atoms with Gasteiger partial charge in [-0.05, 0) is 17.9 Å². The predicted molar refractivity (Wildman–Crippen MR) is 71.7 cm³/mol. The number of likely N-dealkylation sites (tertiary alicyclic amines) is 1. The lowest BCUT2D eigenvalue weighted by Crippen LogP contribution is -2.41. The molecular formula is C12H14N4OS. The van der Waals surface area contributed by atoms with Crippen molar-refractivity contribution in [1.29, 1.82) is 0 Å². The van der Waals surface area contributed by atoms with Crippen LogP contribution in [0.4, 0.5) is 5.82 Å². The van der Waals surface area contributed by atoms with E-state index < -0.39 is 0 Å². The summed E-state index contributed by atoms with van der Waals surface area (Å²) in [4.78, 5) is 21.9. The van der Waals surface area contributed by atoms with Crippen LogP contribution in [0.25, 0.3) is 10.2 Å². The molecule has 3 heterocycles. The van der Waals surface area contributed by atoms with Crippen molar-refractivity contribution >= 4 is 33.3 Å². The van der Waals surface area contributed by atoms with E-state index in [0.717, 1.165) is 29.0 Å². The van der Waals surface area contributed by atoms with Gasteiger partial charge in [0.15, 0.2) is 0 Å². The number of nitrogens with zero attached hydrogens (tertiary/aromatic N) is 3. The molecule has 1 atom stereocenters. The van der Waals surface area contributed by atoms with Gasteiger partial charge in [0.1, 0.15) is 12.1 Å². The maximum atomic E-state index is 11.7. The number of piperidine rings is 1. The minimum absolute atomic E-state index is 0.175. The average molecular weight is 262 g/mol. The van der Waals surface area contributed by atoms with Gasteiger partial charge in [-0.3, -0.25) is 4.79 Å². The fourth-order valence-electron chi connectivity index (χ4n) is 2.15. The number of nitrogens with one attached hydrogen (secondary N) is 1. The van der Waals surface area contributed by atoms with Crippen LogP contribution >= 0.6 is 11.3 Å². The summed E-state index contributed by atoms with van der Waals surface area (Å²) in [6.45, 7) is 0.801. The van der Waals surface area contributed by atoms with Crippen LogP contribution in [0.3, 0.4) is 0 Å². The summed E-state index contributed by atoms with van der Waals surface area (Å²) >= 11 is 1.62. The van der Waals surface area contributed by atoms with Crippen molar-refractivity contribution in [2.45, 2.75) is 18.9 Å². The number of carbonyl (C=O) groups excluding carboxylic acids is 1. The van der Waals surface area contributed by atoms with E-state index in [1.54, 1.807) is 22.6 Å². The number of aromatic nitrogens is 2. The molecule has 5 nitrogen and oxygen atoms in total. The van der Waals surface area contributed by atoms with E-state index in [1.807, 2.05) is 18.5 Å². The van der Waals surface area contributed by atoms with Crippen LogP contribution < -0.4 is 5.32 Å². The van der Waals surface area contributed by atoms with E-state index in [1.165, 1.54) is 0 Å². The molecule has 0 bridgehead atoms. The van der Waals surface area contributed by atoms with Crippen molar-refractivity contribution in [3.8, 4) is 0 Å². The number of thiophene rings is 1. The molecule has 18 heavy (non-hydrogen) atoms. The fourth-order valence-corrected chi connectivity index (χ4v) is 2.95. The summed E-state index contributed by atoms with van der Waals surface area (Å²) in [6, 6.07) is 2.15. The molecule has 0 radical (unpaired) electrons. The molecular weight excluding hydrogens is 248 g/mol. The number of amides is 1. The number of hydrogen-bond acceptors (Lipinski definition) is 5. The van der Waals surface area contributed by atoms with E-state index in [9.17, 15) is 4.79 Å². The molecule has 1 N–H and O–H groups in total. The molecule has 1 amide bonds. The molecule has 1 aliphatic rings. The van der Waals surface area contributed by atoms with Crippen LogP contribution in [0.5, 0.6) is 0 Å². The molecule has 1 saturated heterocycles. The van der Waals surface area contributed by atoms with Gasteiger partial charge in [0.25, 0.3) is 0 Å². The SMILES string of the molecule is CN1CCC(Nc2ncnc3ccsc23)CC1=O. The number of anilines is 1. The summed E-state index contributed by atoms with van der Waals surface area (Å²) in [7, 11) is 1.85. The highest BCUT2D eigenvalue weighted by molar-refractivity contribution is 7.17. The van der Waals surface area contributed by atoms with Gasteiger partial charge in [-0.2, -0.15) is 0 Å². The minimum atomic E-state index is 0.175. The largest absolute Gasteiger partial charge is 0.365 e. The molecule has 6 heteroatoms. The number of rotatable bonds is 2. The Bertz CT molecular complexity index is 582. The molecule has 0 aliphatic carbocycles. The highest BCUT2D eigenvalue weighted by atomic mass is 32.1. The average Bonchev–Trinajstić information content (AvgIpc) is 2.83. The van der Waals surface area contributed by atoms with Crippen molar-refractivity contribution in [2.24, 2.45) is 0 Å². The van der Waals surface area contributed by atoms with E-state index in [4.69, 9.17) is 0 Å². The molecule has 0 saturated carbocycles. The smallest absolute Gasteiger partial charge is 0.224 e. The van der Waals surface area contributed by atoms with Crippen LogP contribution in [0.2, 0.25) is 0 Å². The van der Waals surface area contributed by atoms with Crippen LogP contribution in [-0.4, -0.2) is 40.4 Å². The van der Waals surface area contributed by atoms with Gasteiger partial charge >= 0.3 is 0 Å². The first-order valence-electron chi connectivity index (χ1n) is 5.93. The minimum Gasteiger partial charge on any atom is -0.365 e. The zero-order valence-corrected chi connectivity index (χ0v) is 10.9. The standard InChI is InChI=1S/C12H14N4OS/c1-16-4-2-8(6-10(16)17)15-12-11-9(3-5-18-11)13-7-14-12/h3,5,7-8H,2,4,6H2,1H3,(H,13,14,15). The lowest BCUT2D eigenvalue weighted by molar-refractivity contribution is -0.132. The second kappa shape index (κ2) is 4.53. The molecule has 0 aromatic carbocycles. The van der Waals surface area contributed by atoms with Gasteiger partial charge < -0.3 is 10.2 Å². The molecule has 0 spiro atoms. The molecule has 1 aliphatic heterocycles. The first-order valence-corrected chi connectivity index (χ1v) is 6.80. The Balaban J connectivity index is 1.80. The zero-order chi connectivity index (χ0) is 12.5. The normalized spacial score (nSPS) is 20.4. The first kappa shape index (κ1) is 11.4. The van der Waals surface area contributed by atoms with Crippen molar-refractivity contribution in [1.82, 2.24) is 14.9 Å². The summed E-state index contributed by atoms with van der Waals surface area (Å²) in [6.07, 6.45) is 3.06. The van der Waals surface area contributed by atoms with Crippen LogP contribution in [-0.2, 0) is 4.79 Å². The molecule has 94 valence electrons. The predicted octanol–water partition coefficient (Wildman–Crippen LogP) is 1.72. The Labute approximate surface area is 109 Å². The van der Waals surface area contributed by atoms with Gasteiger partial charge in [0.2, 0.25) is 5.91 Å². The van der Waals surface area contributed by atoms with Gasteiger partial charge in [-0.15, -0.1) is 11.3 Å². The van der Waals surface area contributed by atoms with Gasteiger partial charge in [0.05, 0.1) is 10.2 Å². The second-order valence-electron chi connectivity index (χ2n) is 4.51. The third-order valence-electron chi connectivity index (χ3n) is 3.24. The third-order valence-corrected chi connectivity index (χ3v) is 4.15. The number of hydrogen-bond donors (Lipinski definition) is 1. The fraction of sp³-hybridized carbons (Fsp3) is 0.417. The Morgan fingerprint density at radius 3 is 3.22 bits per heavy atom. The van der Waals surface area contributed by atoms with Gasteiger partial charge in [-0.1, -0.05) is 0 Å². The van der Waals surface area contributed by atoms with Crippen LogP contribution in [0.1, 0.15) is 12.8 Å². The van der Waals surface area contributed by atoms with E-state index in [2.05, 4.69) is 15.3 Å². The summed E-state index contributed by atoms with van der Waals surface area (Å²) in [5.41, 5.74) is 0.955. The van der Waals surface area contributed by atoms with E-state index >= 15 is 0 Å². The topological polar surface area (TPSA) is 58.1 Å². The summed E-state index contributed by atoms with van der Waals surface area (Å²) in [5, 5.41) is 5.38. The molecule has 2 aromatic rings.